The van der Waals surface area contributed by atoms with Gasteiger partial charge in [-0.15, -0.1) is 0 Å². The Kier molecular flexibility index (Phi) is 5.68. The Hall–Kier alpha value is -2.67. The Morgan fingerprint density at radius 1 is 1.12 bits per heavy atom. The van der Waals surface area contributed by atoms with Gasteiger partial charge in [-0.05, 0) is 41.1 Å². The molecule has 0 fully saturated rings. The number of nitrogens with one attached hydrogen (secondary N) is 2. The summed E-state index contributed by atoms with van der Waals surface area (Å²) in [6, 6.07) is 11.4. The molecule has 0 aliphatic carbocycles. The van der Waals surface area contributed by atoms with E-state index in [-0.39, 0.29) is 31.3 Å². The van der Waals surface area contributed by atoms with Crippen LogP contribution >= 0.6 is 15.9 Å². The van der Waals surface area contributed by atoms with Gasteiger partial charge in [-0.1, -0.05) is 18.2 Å². The Labute approximate surface area is 159 Å². The van der Waals surface area contributed by atoms with Crippen molar-refractivity contribution in [1.29, 1.82) is 0 Å². The summed E-state index contributed by atoms with van der Waals surface area (Å²) in [7, 11) is 0. The fourth-order valence-corrected chi connectivity index (χ4v) is 3.32. The van der Waals surface area contributed by atoms with Crippen molar-refractivity contribution in [2.24, 2.45) is 0 Å². The summed E-state index contributed by atoms with van der Waals surface area (Å²) in [5, 5.41) is 6.64. The number of nitrogens with zero attached hydrogens (tertiary/aromatic N) is 2. The molecule has 2 heterocycles. The highest BCUT2D eigenvalue weighted by Crippen LogP contribution is 2.30. The molecule has 3 aromatic rings. The lowest BCUT2D eigenvalue weighted by Gasteiger charge is -2.10. The van der Waals surface area contributed by atoms with E-state index in [0.29, 0.717) is 5.69 Å². The largest absolute Gasteiger partial charge is 0.354 e. The van der Waals surface area contributed by atoms with Crippen molar-refractivity contribution in [2.75, 3.05) is 11.9 Å². The van der Waals surface area contributed by atoms with E-state index >= 15 is 0 Å². The van der Waals surface area contributed by atoms with Gasteiger partial charge in [0.25, 0.3) is 0 Å². The fraction of sp³-hybridized carbons (Fsp3) is 0.211. The van der Waals surface area contributed by atoms with Crippen molar-refractivity contribution in [1.82, 2.24) is 14.9 Å². The lowest BCUT2D eigenvalue weighted by molar-refractivity contribution is -0.121. The number of rotatable bonds is 6. The number of benzene rings is 1. The van der Waals surface area contributed by atoms with Crippen LogP contribution in [0, 0.1) is 6.92 Å². The number of hydrogen-bond donors (Lipinski definition) is 2. The van der Waals surface area contributed by atoms with Crippen LogP contribution in [0.2, 0.25) is 0 Å². The van der Waals surface area contributed by atoms with Crippen LogP contribution in [-0.4, -0.2) is 27.9 Å². The zero-order valence-corrected chi connectivity index (χ0v) is 15.9. The van der Waals surface area contributed by atoms with Crippen LogP contribution in [0.4, 0.5) is 5.69 Å². The molecule has 0 radical (unpaired) electrons. The van der Waals surface area contributed by atoms with Crippen LogP contribution in [0.1, 0.15) is 12.1 Å². The van der Waals surface area contributed by atoms with Gasteiger partial charge < -0.3 is 15.2 Å². The molecule has 0 aliphatic rings. The van der Waals surface area contributed by atoms with Crippen molar-refractivity contribution >= 4 is 44.3 Å². The van der Waals surface area contributed by atoms with E-state index in [1.54, 1.807) is 24.5 Å². The predicted octanol–water partition coefficient (Wildman–Crippen LogP) is 3.25. The van der Waals surface area contributed by atoms with Crippen LogP contribution < -0.4 is 10.6 Å². The van der Waals surface area contributed by atoms with Crippen molar-refractivity contribution in [3.05, 3.63) is 59.0 Å². The predicted molar refractivity (Wildman–Crippen MR) is 105 cm³/mol. The van der Waals surface area contributed by atoms with E-state index in [2.05, 4.69) is 31.5 Å². The van der Waals surface area contributed by atoms with E-state index in [0.717, 1.165) is 21.1 Å². The highest BCUT2D eigenvalue weighted by Gasteiger charge is 2.14. The van der Waals surface area contributed by atoms with Crippen molar-refractivity contribution in [3.8, 4) is 0 Å². The van der Waals surface area contributed by atoms with Crippen molar-refractivity contribution in [3.63, 3.8) is 0 Å². The Morgan fingerprint density at radius 2 is 1.85 bits per heavy atom. The Morgan fingerprint density at radius 3 is 2.62 bits per heavy atom. The molecule has 2 N–H and O–H groups in total. The topological polar surface area (TPSA) is 76.0 Å². The van der Waals surface area contributed by atoms with Crippen LogP contribution in [0.25, 0.3) is 10.9 Å². The molecule has 1 aromatic carbocycles. The number of halogens is 1. The number of para-hydroxylation sites is 1. The van der Waals surface area contributed by atoms with Gasteiger partial charge in [-0.25, -0.2) is 0 Å². The summed E-state index contributed by atoms with van der Waals surface area (Å²) < 4.78 is 2.96. The number of aromatic nitrogens is 2. The second kappa shape index (κ2) is 8.14. The smallest absolute Gasteiger partial charge is 0.239 e. The maximum atomic E-state index is 12.3. The number of carbonyl (C=O) groups excluding carboxylic acids is 2. The molecule has 0 bridgehead atoms. The quantitative estimate of drug-likeness (QED) is 0.649. The molecule has 0 atom stereocenters. The number of pyridine rings is 1. The van der Waals surface area contributed by atoms with Gasteiger partial charge >= 0.3 is 0 Å². The van der Waals surface area contributed by atoms with E-state index < -0.39 is 0 Å². The van der Waals surface area contributed by atoms with Gasteiger partial charge in [0.1, 0.15) is 6.54 Å². The SMILES string of the molecule is Cc1c(Br)c2ccccc2n1CC(=O)NCCC(=O)Nc1ccncc1. The first-order valence-corrected chi connectivity index (χ1v) is 9.05. The minimum absolute atomic E-state index is 0.127. The summed E-state index contributed by atoms with van der Waals surface area (Å²) in [6.45, 7) is 2.47. The van der Waals surface area contributed by atoms with Crippen LogP contribution in [-0.2, 0) is 16.1 Å². The van der Waals surface area contributed by atoms with Crippen molar-refractivity contribution in [2.45, 2.75) is 19.9 Å². The second-order valence-corrected chi connectivity index (χ2v) is 6.68. The summed E-state index contributed by atoms with van der Waals surface area (Å²) in [5.41, 5.74) is 2.69. The second-order valence-electron chi connectivity index (χ2n) is 5.89. The Bertz CT molecular complexity index is 937. The molecule has 0 aliphatic heterocycles. The van der Waals surface area contributed by atoms with Gasteiger partial charge in [-0.3, -0.25) is 14.6 Å². The van der Waals surface area contributed by atoms with E-state index in [1.165, 1.54) is 0 Å². The summed E-state index contributed by atoms with van der Waals surface area (Å²) >= 11 is 3.58. The molecular formula is C19H19BrN4O2. The van der Waals surface area contributed by atoms with Crippen LogP contribution in [0.15, 0.2) is 53.3 Å². The molecule has 3 rings (SSSR count). The third kappa shape index (κ3) is 4.11. The average Bonchev–Trinajstić information content (AvgIpc) is 2.88. The molecule has 7 heteroatoms. The maximum absolute atomic E-state index is 12.3. The first-order valence-electron chi connectivity index (χ1n) is 8.26. The molecule has 2 amide bonds. The molecule has 0 spiro atoms. The summed E-state index contributed by atoms with van der Waals surface area (Å²) in [5.74, 6) is -0.278. The summed E-state index contributed by atoms with van der Waals surface area (Å²) in [4.78, 5) is 28.1. The minimum atomic E-state index is -0.151. The van der Waals surface area contributed by atoms with Gasteiger partial charge in [0.05, 0.1) is 0 Å². The van der Waals surface area contributed by atoms with Crippen molar-refractivity contribution < 1.29 is 9.59 Å². The standard InChI is InChI=1S/C19H19BrN4O2/c1-13-19(20)15-4-2-3-5-16(15)24(13)12-18(26)22-11-8-17(25)23-14-6-9-21-10-7-14/h2-7,9-10H,8,11-12H2,1H3,(H,22,26)(H,21,23,25). The third-order valence-electron chi connectivity index (χ3n) is 4.09. The number of carbonyl (C=O) groups is 2. The molecule has 2 aromatic heterocycles. The maximum Gasteiger partial charge on any atom is 0.239 e. The molecule has 0 unspecified atom stereocenters. The number of anilines is 1. The van der Waals surface area contributed by atoms with Crippen LogP contribution in [0.5, 0.6) is 0 Å². The molecule has 0 saturated carbocycles. The molecular weight excluding hydrogens is 396 g/mol. The first-order chi connectivity index (χ1) is 12.6. The average molecular weight is 415 g/mol. The molecule has 134 valence electrons. The van der Waals surface area contributed by atoms with E-state index in [4.69, 9.17) is 0 Å². The fourth-order valence-electron chi connectivity index (χ4n) is 2.77. The summed E-state index contributed by atoms with van der Waals surface area (Å²) in [6.07, 6.45) is 3.43. The van der Waals surface area contributed by atoms with Gasteiger partial charge in [-0.2, -0.15) is 0 Å². The number of amides is 2. The number of fused-ring (bicyclic) bond motifs is 1. The zero-order valence-electron chi connectivity index (χ0n) is 14.3. The monoisotopic (exact) mass is 414 g/mol. The lowest BCUT2D eigenvalue weighted by Crippen LogP contribution is -2.30. The van der Waals surface area contributed by atoms with Gasteiger partial charge in [0, 0.05) is 52.1 Å². The molecule has 0 saturated heterocycles. The first kappa shape index (κ1) is 18.1. The molecule has 6 nitrogen and oxygen atoms in total. The molecule has 26 heavy (non-hydrogen) atoms. The zero-order chi connectivity index (χ0) is 18.5. The Balaban J connectivity index is 1.54. The minimum Gasteiger partial charge on any atom is -0.354 e. The van der Waals surface area contributed by atoms with E-state index in [1.807, 2.05) is 35.8 Å². The highest BCUT2D eigenvalue weighted by atomic mass is 79.9. The third-order valence-corrected chi connectivity index (χ3v) is 5.09. The van der Waals surface area contributed by atoms with E-state index in [9.17, 15) is 9.59 Å². The van der Waals surface area contributed by atoms with Crippen LogP contribution in [0.3, 0.4) is 0 Å². The van der Waals surface area contributed by atoms with Gasteiger partial charge in [0.15, 0.2) is 0 Å². The van der Waals surface area contributed by atoms with Gasteiger partial charge in [0.2, 0.25) is 11.8 Å². The lowest BCUT2D eigenvalue weighted by atomic mass is 10.2. The normalized spacial score (nSPS) is 10.7. The highest BCUT2D eigenvalue weighted by molar-refractivity contribution is 9.10. The number of hydrogen-bond acceptors (Lipinski definition) is 3.